The lowest BCUT2D eigenvalue weighted by Crippen LogP contribution is -2.41. The maximum atomic E-state index is 14.7. The molecule has 0 bridgehead atoms. The first-order valence-corrected chi connectivity index (χ1v) is 27.5. The topological polar surface area (TPSA) is 127 Å². The van der Waals surface area contributed by atoms with Gasteiger partial charge < -0.3 is 9.47 Å². The molecule has 2 aliphatic heterocycles. The Balaban J connectivity index is 0.864. The molecule has 10 heteroatoms. The maximum absolute atomic E-state index is 14.7. The van der Waals surface area contributed by atoms with Gasteiger partial charge in [0.2, 0.25) is 0 Å². The van der Waals surface area contributed by atoms with E-state index in [1.165, 1.54) is 49.3 Å². The molecule has 10 nitrogen and oxygen atoms in total. The predicted octanol–water partition coefficient (Wildman–Crippen LogP) is 15.9. The highest BCUT2D eigenvalue weighted by atomic mass is 16.5. The molecule has 0 atom stereocenters. The third kappa shape index (κ3) is 8.49. The smallest absolute Gasteiger partial charge is 0.266 e. The number of ether oxygens (including phenoxy) is 2. The summed E-state index contributed by atoms with van der Waals surface area (Å²) in [6, 6.07) is 41.5. The van der Waals surface area contributed by atoms with Crippen molar-refractivity contribution in [2.45, 2.75) is 117 Å². The Morgan fingerprint density at radius 2 is 0.705 bits per heavy atom. The van der Waals surface area contributed by atoms with Crippen molar-refractivity contribution < 1.29 is 38.2 Å². The van der Waals surface area contributed by atoms with Crippen LogP contribution >= 0.6 is 0 Å². The molecule has 2 fully saturated rings. The highest BCUT2D eigenvalue weighted by molar-refractivity contribution is 6.39. The largest absolute Gasteiger partial charge is 0.489 e. The van der Waals surface area contributed by atoms with Crippen LogP contribution in [0, 0.1) is 0 Å². The van der Waals surface area contributed by atoms with Crippen LogP contribution in [0.2, 0.25) is 0 Å². The van der Waals surface area contributed by atoms with Crippen molar-refractivity contribution in [3.8, 4) is 44.9 Å². The minimum atomic E-state index is -0.480. The number of hydrogen-bond donors (Lipinski definition) is 0. The number of carbonyl (C=O) groups is 6. The van der Waals surface area contributed by atoms with Gasteiger partial charge in [-0.05, 0) is 184 Å². The zero-order valence-corrected chi connectivity index (χ0v) is 44.8. The van der Waals surface area contributed by atoms with Crippen LogP contribution < -0.4 is 19.3 Å². The molecule has 2 saturated carbocycles. The summed E-state index contributed by atoms with van der Waals surface area (Å²) in [4.78, 5) is 87.9. The summed E-state index contributed by atoms with van der Waals surface area (Å²) in [6.07, 6.45) is 8.68. The lowest BCUT2D eigenvalue weighted by molar-refractivity contribution is 0.0876. The number of anilines is 2. The molecule has 4 aliphatic rings. The maximum Gasteiger partial charge on any atom is 0.266 e. The molecule has 0 N–H and O–H groups in total. The summed E-state index contributed by atoms with van der Waals surface area (Å²) in [5, 5.41) is 2.00. The molecule has 390 valence electrons. The number of rotatable bonds is 13. The number of ketones is 2. The molecule has 2 heterocycles. The number of imide groups is 2. The zero-order chi connectivity index (χ0) is 54.3. The molecule has 0 radical (unpaired) electrons. The fourth-order valence-corrected chi connectivity index (χ4v) is 12.7. The minimum absolute atomic E-state index is 0.189. The standard InChI is InChI=1S/C68H60N2O8/c1-37(2)77-59-35-47(41-11-7-8-12-41)23-33-57(59)69-65(73)53-29-25-49(39(5)71)61-51(27-31-55(63(53)61)67(69)75)45-19-15-43(16-20-45)44-17-21-46(22-18-44)52-28-32-56-64-54(30-26-50(40(6)72)62(52)64)66(74)70(68(56)76)58-34-24-48(42-13-9-10-14-42)36-60(58)78-38(3)4/h15-38,41-42H,7-14H2,1-6H3. The Bertz CT molecular complexity index is 3560. The third-order valence-electron chi connectivity index (χ3n) is 16.4. The second-order valence-corrected chi connectivity index (χ2v) is 22.1. The van der Waals surface area contributed by atoms with E-state index in [2.05, 4.69) is 0 Å². The van der Waals surface area contributed by atoms with Gasteiger partial charge in [0.05, 0.1) is 23.6 Å². The van der Waals surface area contributed by atoms with Crippen molar-refractivity contribution in [1.29, 1.82) is 0 Å². The van der Waals surface area contributed by atoms with E-state index in [-0.39, 0.29) is 23.8 Å². The van der Waals surface area contributed by atoms with Crippen molar-refractivity contribution in [3.05, 3.63) is 178 Å². The summed E-state index contributed by atoms with van der Waals surface area (Å²) in [5.74, 6) is -0.496. The van der Waals surface area contributed by atoms with E-state index >= 15 is 0 Å². The van der Waals surface area contributed by atoms with E-state index in [1.807, 2.05) is 125 Å². The average molecular weight is 1030 g/mol. The highest BCUT2D eigenvalue weighted by Gasteiger charge is 2.40. The molecule has 0 unspecified atom stereocenters. The van der Waals surface area contributed by atoms with Gasteiger partial charge in [-0.15, -0.1) is 0 Å². The summed E-state index contributed by atoms with van der Waals surface area (Å²) >= 11 is 0. The van der Waals surface area contributed by atoms with Gasteiger partial charge in [-0.2, -0.15) is 0 Å². The highest BCUT2D eigenvalue weighted by Crippen LogP contribution is 2.47. The molecule has 2 aliphatic carbocycles. The van der Waals surface area contributed by atoms with Gasteiger partial charge >= 0.3 is 0 Å². The number of nitrogens with zero attached hydrogens (tertiary/aromatic N) is 2. The van der Waals surface area contributed by atoms with Crippen LogP contribution in [-0.2, 0) is 0 Å². The summed E-state index contributed by atoms with van der Waals surface area (Å²) in [5.41, 5.74) is 10.1. The summed E-state index contributed by atoms with van der Waals surface area (Å²) in [6.45, 7) is 10.7. The van der Waals surface area contributed by atoms with Gasteiger partial charge in [0, 0.05) is 54.9 Å². The Kier molecular flexibility index (Phi) is 12.8. The molecular weight excluding hydrogens is 973 g/mol. The number of Topliss-reactive ketones (excluding diaryl/α,β-unsaturated/α-hetero) is 2. The molecule has 8 aromatic carbocycles. The predicted molar refractivity (Wildman–Crippen MR) is 307 cm³/mol. The Hall–Kier alpha value is -8.50. The van der Waals surface area contributed by atoms with Gasteiger partial charge in [-0.25, -0.2) is 9.80 Å². The Morgan fingerprint density at radius 3 is 1.03 bits per heavy atom. The van der Waals surface area contributed by atoms with Gasteiger partial charge in [0.25, 0.3) is 23.6 Å². The second-order valence-electron chi connectivity index (χ2n) is 22.1. The lowest BCUT2D eigenvalue weighted by Gasteiger charge is -2.30. The van der Waals surface area contributed by atoms with Crippen molar-refractivity contribution in [3.63, 3.8) is 0 Å². The van der Waals surface area contributed by atoms with E-state index in [9.17, 15) is 28.8 Å². The first kappa shape index (κ1) is 50.3. The number of hydrogen-bond acceptors (Lipinski definition) is 8. The first-order chi connectivity index (χ1) is 37.7. The molecule has 8 aromatic rings. The average Bonchev–Trinajstić information content (AvgIpc) is 4.31. The van der Waals surface area contributed by atoms with Gasteiger partial charge in [0.1, 0.15) is 11.5 Å². The van der Waals surface area contributed by atoms with Crippen LogP contribution in [0.25, 0.3) is 54.9 Å². The van der Waals surface area contributed by atoms with Crippen molar-refractivity contribution in [1.82, 2.24) is 0 Å². The van der Waals surface area contributed by atoms with Crippen LogP contribution in [0.1, 0.15) is 178 Å². The monoisotopic (exact) mass is 1030 g/mol. The van der Waals surface area contributed by atoms with E-state index in [0.29, 0.717) is 101 Å². The normalized spacial score (nSPS) is 15.7. The zero-order valence-electron chi connectivity index (χ0n) is 44.8. The van der Waals surface area contributed by atoms with Crippen molar-refractivity contribution in [2.75, 3.05) is 9.80 Å². The van der Waals surface area contributed by atoms with Crippen LogP contribution in [0.15, 0.2) is 133 Å². The van der Waals surface area contributed by atoms with Crippen LogP contribution in [0.3, 0.4) is 0 Å². The number of benzene rings is 8. The van der Waals surface area contributed by atoms with E-state index in [1.54, 1.807) is 36.4 Å². The number of carbonyl (C=O) groups excluding carboxylic acids is 6. The SMILES string of the molecule is CC(=O)c1ccc2c3c(ccc(-c4ccc(-c5ccc(-c6ccc7c8c(ccc(C(C)=O)c68)C(=O)N(c6ccc(C8CCCC8)cc6OC(C)C)C7=O)cc5)cc4)c13)C(=O)N(c1ccc(C3CCCC3)cc1OC(C)C)C2=O. The van der Waals surface area contributed by atoms with Crippen molar-refractivity contribution in [2.24, 2.45) is 0 Å². The lowest BCUT2D eigenvalue weighted by atomic mass is 9.85. The Labute approximate surface area is 454 Å². The van der Waals surface area contributed by atoms with Crippen LogP contribution in [0.4, 0.5) is 11.4 Å². The van der Waals surface area contributed by atoms with Gasteiger partial charge in [-0.3, -0.25) is 28.8 Å². The quantitative estimate of drug-likeness (QED) is 0.0825. The van der Waals surface area contributed by atoms with Gasteiger partial charge in [0.15, 0.2) is 11.6 Å². The first-order valence-electron chi connectivity index (χ1n) is 27.5. The molecule has 4 amide bonds. The van der Waals surface area contributed by atoms with E-state index < -0.39 is 23.6 Å². The number of amides is 4. The van der Waals surface area contributed by atoms with E-state index in [0.717, 1.165) is 59.1 Å². The van der Waals surface area contributed by atoms with E-state index in [4.69, 9.17) is 9.47 Å². The Morgan fingerprint density at radius 1 is 0.397 bits per heavy atom. The summed E-state index contributed by atoms with van der Waals surface area (Å²) in [7, 11) is 0. The molecule has 0 aromatic heterocycles. The molecule has 0 spiro atoms. The fraction of sp³-hybridized carbons (Fsp3) is 0.265. The minimum Gasteiger partial charge on any atom is -0.489 e. The van der Waals surface area contributed by atoms with Crippen LogP contribution in [-0.4, -0.2) is 47.4 Å². The third-order valence-corrected chi connectivity index (χ3v) is 16.4. The summed E-state index contributed by atoms with van der Waals surface area (Å²) < 4.78 is 12.6. The fourth-order valence-electron chi connectivity index (χ4n) is 12.7. The van der Waals surface area contributed by atoms with Crippen molar-refractivity contribution >= 4 is 68.1 Å². The van der Waals surface area contributed by atoms with Gasteiger partial charge in [-0.1, -0.05) is 98.5 Å². The van der Waals surface area contributed by atoms with Crippen LogP contribution in [0.5, 0.6) is 11.5 Å². The molecule has 0 saturated heterocycles. The molecule has 12 rings (SSSR count). The molecule has 78 heavy (non-hydrogen) atoms. The second kappa shape index (κ2) is 19.8. The molecular formula is C68H60N2O8.